The molecule has 10 nitrogen and oxygen atoms in total. The third-order valence-corrected chi connectivity index (χ3v) is 8.05. The van der Waals surface area contributed by atoms with E-state index in [0.29, 0.717) is 23.0 Å². The molecule has 222 valence electrons. The summed E-state index contributed by atoms with van der Waals surface area (Å²) in [5, 5.41) is 0. The number of β-lactam (4-membered cyclic amide) rings is 2. The van der Waals surface area contributed by atoms with Crippen molar-refractivity contribution in [2.75, 3.05) is 0 Å². The largest absolute Gasteiger partial charge is 0.478 e. The molecule has 2 aromatic heterocycles. The van der Waals surface area contributed by atoms with Crippen LogP contribution in [0.25, 0.3) is 0 Å². The minimum Gasteiger partial charge on any atom is -0.478 e. The average molecular weight is 585 g/mol. The molecule has 0 unspecified atom stereocenters. The van der Waals surface area contributed by atoms with Crippen molar-refractivity contribution < 1.29 is 37.4 Å². The molecule has 3 fully saturated rings. The zero-order valence-corrected chi connectivity index (χ0v) is 23.8. The Balaban J connectivity index is 1.23. The number of nitrogens with zero attached hydrogens (tertiary/aromatic N) is 2. The molecule has 0 bridgehead atoms. The second-order valence-corrected chi connectivity index (χ2v) is 11.3. The van der Waals surface area contributed by atoms with Crippen LogP contribution in [0.3, 0.4) is 0 Å². The van der Waals surface area contributed by atoms with E-state index in [1.54, 1.807) is 34.5 Å². The van der Waals surface area contributed by atoms with Gasteiger partial charge in [-0.2, -0.15) is 0 Å². The van der Waals surface area contributed by atoms with Gasteiger partial charge in [0.15, 0.2) is 18.0 Å². The van der Waals surface area contributed by atoms with Crippen molar-refractivity contribution in [1.82, 2.24) is 9.80 Å². The highest BCUT2D eigenvalue weighted by Crippen LogP contribution is 2.44. The molecule has 0 radical (unpaired) electrons. The smallest absolute Gasteiger partial charge is 0.266 e. The summed E-state index contributed by atoms with van der Waals surface area (Å²) in [6.45, 7) is 4.13. The first-order valence-electron chi connectivity index (χ1n) is 14.3. The van der Waals surface area contributed by atoms with E-state index in [9.17, 15) is 9.59 Å². The highest BCUT2D eigenvalue weighted by Gasteiger charge is 2.65. The third kappa shape index (κ3) is 5.17. The Morgan fingerprint density at radius 2 is 1.05 bits per heavy atom. The van der Waals surface area contributed by atoms with Gasteiger partial charge in [-0.15, -0.1) is 0 Å². The number of hydrogen-bond donors (Lipinski definition) is 0. The van der Waals surface area contributed by atoms with Crippen LogP contribution in [-0.2, 0) is 32.2 Å². The molecule has 2 amide bonds. The van der Waals surface area contributed by atoms with Crippen LogP contribution in [0, 0.1) is 0 Å². The van der Waals surface area contributed by atoms with E-state index in [2.05, 4.69) is 0 Å². The number of para-hydroxylation sites is 2. The van der Waals surface area contributed by atoms with E-state index in [4.69, 9.17) is 27.8 Å². The lowest BCUT2D eigenvalue weighted by Gasteiger charge is -2.53. The van der Waals surface area contributed by atoms with Crippen molar-refractivity contribution in [3.05, 3.63) is 109 Å². The maximum absolute atomic E-state index is 13.6. The molecule has 0 aliphatic carbocycles. The summed E-state index contributed by atoms with van der Waals surface area (Å²) < 4.78 is 36.8. The number of carbonyl (C=O) groups excluding carboxylic acids is 2. The summed E-state index contributed by atoms with van der Waals surface area (Å²) in [6, 6.07) is 24.6. The van der Waals surface area contributed by atoms with E-state index in [0.717, 1.165) is 0 Å². The van der Waals surface area contributed by atoms with Crippen molar-refractivity contribution in [3.8, 4) is 11.5 Å². The number of rotatable bonds is 10. The van der Waals surface area contributed by atoms with Gasteiger partial charge >= 0.3 is 0 Å². The summed E-state index contributed by atoms with van der Waals surface area (Å²) in [6.07, 6.45) is 0.179. The fraction of sp³-hybridized carbons (Fsp3) is 0.333. The zero-order chi connectivity index (χ0) is 29.6. The molecule has 7 rings (SSSR count). The topological polar surface area (TPSA) is 104 Å². The number of furan rings is 2. The first-order chi connectivity index (χ1) is 20.9. The number of carbonyl (C=O) groups is 2. The van der Waals surface area contributed by atoms with Crippen LogP contribution in [0.2, 0.25) is 0 Å². The Morgan fingerprint density at radius 3 is 1.42 bits per heavy atom. The molecule has 4 aromatic rings. The molecule has 0 saturated carbocycles. The Kier molecular flexibility index (Phi) is 6.95. The van der Waals surface area contributed by atoms with Crippen LogP contribution in [0.1, 0.15) is 25.4 Å². The molecule has 3 aliphatic heterocycles. The minimum atomic E-state index is -1.01. The number of likely N-dealkylation sites (tertiary alicyclic amines) is 2. The lowest BCUT2D eigenvalue weighted by molar-refractivity contribution is -0.188. The van der Waals surface area contributed by atoms with Gasteiger partial charge in [0.25, 0.3) is 11.8 Å². The van der Waals surface area contributed by atoms with Crippen molar-refractivity contribution in [3.63, 3.8) is 0 Å². The molecule has 0 N–H and O–H groups in total. The SMILES string of the molecule is CC1(C)O[C@@H]([C@H]2[C@@H](Oc3ccccc3)C(=O)N2Cc2ccco2)[C@H]([C@H]2[C@@H](Oc3ccccc3)C(=O)N2Cc2ccco2)O1. The van der Waals surface area contributed by atoms with Crippen molar-refractivity contribution in [1.29, 1.82) is 0 Å². The Labute approximate surface area is 248 Å². The van der Waals surface area contributed by atoms with Gasteiger partial charge in [0.05, 0.1) is 25.6 Å². The maximum Gasteiger partial charge on any atom is 0.266 e. The molecule has 5 heterocycles. The molecule has 2 aromatic carbocycles. The highest BCUT2D eigenvalue weighted by molar-refractivity contribution is 5.90. The predicted molar refractivity (Wildman–Crippen MR) is 152 cm³/mol. The van der Waals surface area contributed by atoms with Gasteiger partial charge in [0.1, 0.15) is 47.3 Å². The monoisotopic (exact) mass is 584 g/mol. The molecule has 43 heavy (non-hydrogen) atoms. The van der Waals surface area contributed by atoms with Gasteiger partial charge in [0.2, 0.25) is 0 Å². The van der Waals surface area contributed by atoms with Gasteiger partial charge in [-0.05, 0) is 62.4 Å². The molecular weight excluding hydrogens is 552 g/mol. The lowest BCUT2D eigenvalue weighted by Crippen LogP contribution is -2.76. The van der Waals surface area contributed by atoms with Crippen molar-refractivity contribution in [2.45, 2.75) is 69.2 Å². The summed E-state index contributed by atoms with van der Waals surface area (Å²) >= 11 is 0. The lowest BCUT2D eigenvalue weighted by atomic mass is 9.82. The molecule has 6 atom stereocenters. The quantitative estimate of drug-likeness (QED) is 0.253. The Hall–Kier alpha value is -4.54. The van der Waals surface area contributed by atoms with E-state index in [1.165, 1.54) is 0 Å². The standard InChI is InChI=1S/C33H32N2O8/c1-33(2)42-27(25-29(40-21-11-5-3-6-12-21)31(36)34(25)19-23-15-9-17-38-23)28(43-33)26-30(41-22-13-7-4-8-14-22)32(37)35(26)20-24-16-10-18-39-24/h3-18,25-30H,19-20H2,1-2H3/t25-,26-,27-,28-,29+,30+/m0/s1. The number of amides is 2. The summed E-state index contributed by atoms with van der Waals surface area (Å²) in [5.41, 5.74) is 0. The fourth-order valence-electron chi connectivity index (χ4n) is 6.16. The summed E-state index contributed by atoms with van der Waals surface area (Å²) in [7, 11) is 0. The van der Waals surface area contributed by atoms with Crippen LogP contribution in [-0.4, -0.2) is 63.9 Å². The third-order valence-electron chi connectivity index (χ3n) is 8.05. The predicted octanol–water partition coefficient (Wildman–Crippen LogP) is 4.41. The second kappa shape index (κ2) is 10.9. The van der Waals surface area contributed by atoms with Gasteiger partial charge in [0, 0.05) is 0 Å². The normalized spacial score (nSPS) is 28.0. The van der Waals surface area contributed by atoms with Crippen molar-refractivity contribution in [2.24, 2.45) is 0 Å². The first-order valence-corrected chi connectivity index (χ1v) is 14.3. The van der Waals surface area contributed by atoms with E-state index >= 15 is 0 Å². The molecule has 3 saturated heterocycles. The van der Waals surface area contributed by atoms with E-state index in [1.807, 2.05) is 86.6 Å². The summed E-state index contributed by atoms with van der Waals surface area (Å²) in [5.74, 6) is 1.03. The van der Waals surface area contributed by atoms with Gasteiger partial charge < -0.3 is 37.6 Å². The van der Waals surface area contributed by atoms with Crippen LogP contribution < -0.4 is 9.47 Å². The Bertz CT molecular complexity index is 1420. The van der Waals surface area contributed by atoms with Crippen LogP contribution in [0.15, 0.2) is 106 Å². The highest BCUT2D eigenvalue weighted by atomic mass is 16.8. The average Bonchev–Trinajstić information content (AvgIpc) is 3.78. The van der Waals surface area contributed by atoms with Crippen LogP contribution >= 0.6 is 0 Å². The van der Waals surface area contributed by atoms with Gasteiger partial charge in [-0.25, -0.2) is 0 Å². The maximum atomic E-state index is 13.6. The number of ether oxygens (including phenoxy) is 4. The Morgan fingerprint density at radius 1 is 0.628 bits per heavy atom. The fourth-order valence-corrected chi connectivity index (χ4v) is 6.16. The molecule has 0 spiro atoms. The van der Waals surface area contributed by atoms with E-state index < -0.39 is 42.3 Å². The van der Waals surface area contributed by atoms with Crippen LogP contribution in [0.4, 0.5) is 0 Å². The minimum absolute atomic E-state index is 0.188. The molecule has 10 heteroatoms. The van der Waals surface area contributed by atoms with Gasteiger partial charge in [-0.3, -0.25) is 9.59 Å². The van der Waals surface area contributed by atoms with Crippen molar-refractivity contribution >= 4 is 11.8 Å². The molecule has 3 aliphatic rings. The van der Waals surface area contributed by atoms with Crippen LogP contribution in [0.5, 0.6) is 11.5 Å². The molecular formula is C33H32N2O8. The number of benzene rings is 2. The second-order valence-electron chi connectivity index (χ2n) is 11.3. The van der Waals surface area contributed by atoms with Gasteiger partial charge in [-0.1, -0.05) is 36.4 Å². The zero-order valence-electron chi connectivity index (χ0n) is 23.8. The summed E-state index contributed by atoms with van der Waals surface area (Å²) in [4.78, 5) is 30.5. The first kappa shape index (κ1) is 27.3. The number of hydrogen-bond acceptors (Lipinski definition) is 8. The van der Waals surface area contributed by atoms with E-state index in [-0.39, 0.29) is 24.9 Å².